The second-order valence-electron chi connectivity index (χ2n) is 5.34. The number of halogens is 1. The Morgan fingerprint density at radius 1 is 0.957 bits per heavy atom. The molecule has 2 aromatic rings. The summed E-state index contributed by atoms with van der Waals surface area (Å²) in [5.41, 5.74) is 0.841. The van der Waals surface area contributed by atoms with Gasteiger partial charge in [0.15, 0.2) is 0 Å². The normalized spacial score (nSPS) is 16.5. The third-order valence-electron chi connectivity index (χ3n) is 3.89. The van der Waals surface area contributed by atoms with Crippen molar-refractivity contribution < 1.29 is 17.9 Å². The average Bonchev–Trinajstić information content (AvgIpc) is 2.55. The van der Waals surface area contributed by atoms with Crippen molar-refractivity contribution in [2.45, 2.75) is 4.90 Å². The van der Waals surface area contributed by atoms with Crippen molar-refractivity contribution in [1.82, 2.24) is 4.31 Å². The van der Waals surface area contributed by atoms with Crippen LogP contribution in [-0.2, 0) is 10.0 Å². The Morgan fingerprint density at radius 3 is 2.30 bits per heavy atom. The summed E-state index contributed by atoms with van der Waals surface area (Å²) in [7, 11) is -3.82. The fraction of sp³-hybridized carbons (Fsp3) is 0.250. The summed E-state index contributed by atoms with van der Waals surface area (Å²) in [4.78, 5) is 1.71. The van der Waals surface area contributed by atoms with Crippen LogP contribution in [0.1, 0.15) is 0 Å². The lowest BCUT2D eigenvalue weighted by atomic mass is 10.2. The van der Waals surface area contributed by atoms with Crippen LogP contribution in [0.4, 0.5) is 10.1 Å². The predicted molar refractivity (Wildman–Crippen MR) is 85.5 cm³/mol. The highest BCUT2D eigenvalue weighted by Crippen LogP contribution is 2.24. The van der Waals surface area contributed by atoms with E-state index in [4.69, 9.17) is 0 Å². The number of anilines is 1. The zero-order chi connectivity index (χ0) is 16.4. The number of nitrogens with zero attached hydrogens (tertiary/aromatic N) is 2. The minimum Gasteiger partial charge on any atom is -0.508 e. The number of piperazine rings is 1. The number of benzene rings is 2. The Kier molecular flexibility index (Phi) is 4.23. The molecule has 0 radical (unpaired) electrons. The van der Waals surface area contributed by atoms with Gasteiger partial charge in [-0.05, 0) is 24.3 Å². The van der Waals surface area contributed by atoms with Crippen molar-refractivity contribution in [2.75, 3.05) is 31.1 Å². The summed E-state index contributed by atoms with van der Waals surface area (Å²) in [6.45, 7) is 1.51. The molecule has 0 aromatic heterocycles. The van der Waals surface area contributed by atoms with Gasteiger partial charge in [0.05, 0.1) is 0 Å². The molecule has 1 aliphatic heterocycles. The van der Waals surface area contributed by atoms with E-state index >= 15 is 0 Å². The van der Waals surface area contributed by atoms with Gasteiger partial charge < -0.3 is 10.0 Å². The van der Waals surface area contributed by atoms with Crippen LogP contribution in [0.2, 0.25) is 0 Å². The molecule has 0 unspecified atom stereocenters. The van der Waals surface area contributed by atoms with E-state index < -0.39 is 15.8 Å². The van der Waals surface area contributed by atoms with Crippen molar-refractivity contribution in [3.63, 3.8) is 0 Å². The SMILES string of the molecule is O=S(=O)(c1ccccc1F)N1CCN(c2cccc(O)c2)CC1. The molecule has 5 nitrogen and oxygen atoms in total. The van der Waals surface area contributed by atoms with E-state index in [1.807, 2.05) is 11.0 Å². The largest absolute Gasteiger partial charge is 0.508 e. The number of hydrogen-bond acceptors (Lipinski definition) is 4. The lowest BCUT2D eigenvalue weighted by molar-refractivity contribution is 0.382. The minimum absolute atomic E-state index is 0.170. The maximum atomic E-state index is 13.8. The first-order chi connectivity index (χ1) is 11.0. The fourth-order valence-corrected chi connectivity index (χ4v) is 4.16. The number of phenols is 1. The molecule has 122 valence electrons. The van der Waals surface area contributed by atoms with Crippen molar-refractivity contribution >= 4 is 15.7 Å². The van der Waals surface area contributed by atoms with Crippen LogP contribution in [-0.4, -0.2) is 44.0 Å². The quantitative estimate of drug-likeness (QED) is 0.932. The van der Waals surface area contributed by atoms with Crippen LogP contribution in [0.3, 0.4) is 0 Å². The van der Waals surface area contributed by atoms with E-state index in [0.717, 1.165) is 11.8 Å². The average molecular weight is 336 g/mol. The van der Waals surface area contributed by atoms with E-state index in [1.54, 1.807) is 18.2 Å². The van der Waals surface area contributed by atoms with Gasteiger partial charge in [0.2, 0.25) is 10.0 Å². The van der Waals surface area contributed by atoms with Gasteiger partial charge >= 0.3 is 0 Å². The Bertz CT molecular complexity index is 802. The highest BCUT2D eigenvalue weighted by Gasteiger charge is 2.30. The number of hydrogen-bond donors (Lipinski definition) is 1. The number of aromatic hydroxyl groups is 1. The van der Waals surface area contributed by atoms with Crippen LogP contribution >= 0.6 is 0 Å². The summed E-state index contributed by atoms with van der Waals surface area (Å²) >= 11 is 0. The highest BCUT2D eigenvalue weighted by molar-refractivity contribution is 7.89. The van der Waals surface area contributed by atoms with Gasteiger partial charge in [-0.3, -0.25) is 0 Å². The van der Waals surface area contributed by atoms with Gasteiger partial charge in [-0.1, -0.05) is 18.2 Å². The Hall–Kier alpha value is -2.12. The molecule has 1 heterocycles. The van der Waals surface area contributed by atoms with Crippen LogP contribution in [0.25, 0.3) is 0 Å². The fourth-order valence-electron chi connectivity index (χ4n) is 2.67. The first-order valence-corrected chi connectivity index (χ1v) is 8.71. The molecule has 2 aromatic carbocycles. The van der Waals surface area contributed by atoms with Crippen LogP contribution in [0, 0.1) is 5.82 Å². The molecule has 7 heteroatoms. The molecular weight excluding hydrogens is 319 g/mol. The molecule has 0 bridgehead atoms. The summed E-state index contributed by atoms with van der Waals surface area (Å²) in [5.74, 6) is -0.563. The van der Waals surface area contributed by atoms with Crippen LogP contribution < -0.4 is 4.90 Å². The maximum Gasteiger partial charge on any atom is 0.246 e. The third kappa shape index (κ3) is 3.16. The van der Waals surface area contributed by atoms with E-state index in [0.29, 0.717) is 13.1 Å². The Labute approximate surface area is 134 Å². The summed E-state index contributed by atoms with van der Waals surface area (Å²) < 4.78 is 40.1. The highest BCUT2D eigenvalue weighted by atomic mass is 32.2. The molecule has 1 aliphatic rings. The topological polar surface area (TPSA) is 60.9 Å². The Morgan fingerprint density at radius 2 is 1.65 bits per heavy atom. The molecule has 1 saturated heterocycles. The number of sulfonamides is 1. The van der Waals surface area contributed by atoms with Crippen molar-refractivity contribution in [3.05, 3.63) is 54.3 Å². The smallest absolute Gasteiger partial charge is 0.246 e. The van der Waals surface area contributed by atoms with Gasteiger partial charge in [0.25, 0.3) is 0 Å². The molecule has 0 aliphatic carbocycles. The molecular formula is C16H17FN2O3S. The van der Waals surface area contributed by atoms with E-state index in [9.17, 15) is 17.9 Å². The first-order valence-electron chi connectivity index (χ1n) is 7.27. The number of phenolic OH excluding ortho intramolecular Hbond substituents is 1. The Balaban J connectivity index is 1.75. The summed E-state index contributed by atoms with van der Waals surface area (Å²) in [6.07, 6.45) is 0. The van der Waals surface area contributed by atoms with E-state index in [2.05, 4.69) is 0 Å². The molecule has 1 N–H and O–H groups in total. The molecule has 3 rings (SSSR count). The summed E-state index contributed by atoms with van der Waals surface area (Å²) in [5, 5.41) is 9.53. The monoisotopic (exact) mass is 336 g/mol. The molecule has 0 atom stereocenters. The lowest BCUT2D eigenvalue weighted by Crippen LogP contribution is -2.48. The first kappa shape index (κ1) is 15.8. The van der Waals surface area contributed by atoms with Gasteiger partial charge in [-0.15, -0.1) is 0 Å². The van der Waals surface area contributed by atoms with Crippen LogP contribution in [0.5, 0.6) is 5.75 Å². The van der Waals surface area contributed by atoms with Gasteiger partial charge in [0, 0.05) is 37.9 Å². The van der Waals surface area contributed by atoms with Gasteiger partial charge in [-0.25, -0.2) is 12.8 Å². The molecule has 0 amide bonds. The second kappa shape index (κ2) is 6.17. The van der Waals surface area contributed by atoms with Gasteiger partial charge in [-0.2, -0.15) is 4.31 Å². The lowest BCUT2D eigenvalue weighted by Gasteiger charge is -2.35. The van der Waals surface area contributed by atoms with Crippen molar-refractivity contribution in [1.29, 1.82) is 0 Å². The molecule has 1 fully saturated rings. The van der Waals surface area contributed by atoms with Crippen molar-refractivity contribution in [3.8, 4) is 5.75 Å². The third-order valence-corrected chi connectivity index (χ3v) is 5.82. The van der Waals surface area contributed by atoms with E-state index in [1.165, 1.54) is 22.5 Å². The molecule has 23 heavy (non-hydrogen) atoms. The zero-order valence-electron chi connectivity index (χ0n) is 12.4. The number of rotatable bonds is 3. The molecule has 0 spiro atoms. The van der Waals surface area contributed by atoms with E-state index in [-0.39, 0.29) is 23.7 Å². The maximum absolute atomic E-state index is 13.8. The van der Waals surface area contributed by atoms with Crippen LogP contribution in [0.15, 0.2) is 53.4 Å². The molecule has 0 saturated carbocycles. The standard InChI is InChI=1S/C16H17FN2O3S/c17-15-6-1-2-7-16(15)23(21,22)19-10-8-18(9-11-19)13-4-3-5-14(20)12-13/h1-7,12,20H,8-11H2. The second-order valence-corrected chi connectivity index (χ2v) is 7.25. The minimum atomic E-state index is -3.82. The predicted octanol–water partition coefficient (Wildman–Crippen LogP) is 2.04. The zero-order valence-corrected chi connectivity index (χ0v) is 13.2. The summed E-state index contributed by atoms with van der Waals surface area (Å²) in [6, 6.07) is 12.2. The van der Waals surface area contributed by atoms with Gasteiger partial charge in [0.1, 0.15) is 16.5 Å². The van der Waals surface area contributed by atoms with Crippen molar-refractivity contribution in [2.24, 2.45) is 0 Å².